The van der Waals surface area contributed by atoms with Crippen LogP contribution in [-0.4, -0.2) is 0 Å². The smallest absolute Gasteiger partial charge is 0.115 e. The molecule has 0 saturated carbocycles. The molecule has 0 heterocycles. The van der Waals surface area contributed by atoms with Crippen molar-refractivity contribution in [3.63, 3.8) is 0 Å². The molecular formula is Br2CdO. The Balaban J connectivity index is 0. The minimum absolute atomic E-state index is 0. The maximum atomic E-state index is 3.88. The number of hydrogen-bond acceptors (Lipinski definition) is 1. The van der Waals surface area contributed by atoms with Crippen LogP contribution >= 0.6 is 32.5 Å². The Kier molecular flexibility index (Phi) is 20.5. The van der Waals surface area contributed by atoms with Crippen molar-refractivity contribution in [1.82, 2.24) is 0 Å². The maximum Gasteiger partial charge on any atom is 0.115 e. The van der Waals surface area contributed by atoms with Gasteiger partial charge in [0.2, 0.25) is 0 Å². The van der Waals surface area contributed by atoms with Gasteiger partial charge in [-0.05, 0) is 0 Å². The zero-order valence-corrected chi connectivity index (χ0v) is 9.08. The molecule has 22 valence electrons. The van der Waals surface area contributed by atoms with Crippen molar-refractivity contribution in [3.05, 3.63) is 0 Å². The first kappa shape index (κ1) is 9.28. The second-order valence-electron chi connectivity index (χ2n) is 0.0583. The average molecular weight is 288 g/mol. The topological polar surface area (TPSA) is 9.23 Å². The van der Waals surface area contributed by atoms with Crippen molar-refractivity contribution in [2.45, 2.75) is 0 Å². The van der Waals surface area contributed by atoms with Gasteiger partial charge in [-0.25, -0.2) is 2.92 Å². The molecule has 0 N–H and O–H groups in total. The van der Waals surface area contributed by atoms with E-state index in [-0.39, 0.29) is 27.3 Å². The minimum Gasteiger partial charge on any atom is -0.230 e. The monoisotopic (exact) mass is 288 g/mol. The van der Waals surface area contributed by atoms with Gasteiger partial charge < -0.3 is 0 Å². The Morgan fingerprint density at radius 3 is 1.25 bits per heavy atom. The molecule has 1 nitrogen and oxygen atoms in total. The summed E-state index contributed by atoms with van der Waals surface area (Å²) >= 11 is 5.12. The van der Waals surface area contributed by atoms with Crippen LogP contribution in [0.3, 0.4) is 0 Å². The molecule has 0 fully saturated rings. The quantitative estimate of drug-likeness (QED) is 0.616. The van der Waals surface area contributed by atoms with E-state index in [9.17, 15) is 0 Å². The molecule has 0 aromatic rings. The van der Waals surface area contributed by atoms with Gasteiger partial charge in [-0.1, -0.05) is 0 Å². The SMILES string of the molecule is BrOBr.[Cd]. The van der Waals surface area contributed by atoms with Gasteiger partial charge in [0.05, 0.1) is 0 Å². The molecule has 0 atom stereocenters. The number of hydrogen-bond donors (Lipinski definition) is 0. The molecule has 0 saturated heterocycles. The van der Waals surface area contributed by atoms with E-state index in [4.69, 9.17) is 0 Å². The second kappa shape index (κ2) is 8.85. The molecule has 0 aliphatic heterocycles. The van der Waals surface area contributed by atoms with E-state index in [2.05, 4.69) is 35.4 Å². The predicted molar refractivity (Wildman–Crippen MR) is 18.9 cm³/mol. The Hall–Kier alpha value is 1.84. The summed E-state index contributed by atoms with van der Waals surface area (Å²) in [5.74, 6) is 0. The molecular weight excluding hydrogens is 288 g/mol. The molecule has 0 amide bonds. The third-order valence-electron chi connectivity index (χ3n) is 0. The normalized spacial score (nSPS) is 4.50. The van der Waals surface area contributed by atoms with Crippen molar-refractivity contribution >= 4 is 32.5 Å². The van der Waals surface area contributed by atoms with E-state index in [1.54, 1.807) is 0 Å². The van der Waals surface area contributed by atoms with E-state index < -0.39 is 0 Å². The Morgan fingerprint density at radius 2 is 1.25 bits per heavy atom. The molecule has 0 radical (unpaired) electrons. The Morgan fingerprint density at radius 1 is 1.25 bits per heavy atom. The van der Waals surface area contributed by atoms with E-state index in [1.807, 2.05) is 0 Å². The van der Waals surface area contributed by atoms with Crippen molar-refractivity contribution < 1.29 is 30.2 Å². The van der Waals surface area contributed by atoms with Gasteiger partial charge in [0.1, 0.15) is 32.5 Å². The molecule has 4 heavy (non-hydrogen) atoms. The van der Waals surface area contributed by atoms with Gasteiger partial charge in [-0.15, -0.1) is 0 Å². The zero-order valence-electron chi connectivity index (χ0n) is 1.87. The Labute approximate surface area is 62.2 Å². The minimum atomic E-state index is 0. The molecule has 0 aliphatic rings. The van der Waals surface area contributed by atoms with Crippen molar-refractivity contribution in [2.75, 3.05) is 0 Å². The fourth-order valence-corrected chi connectivity index (χ4v) is 0. The summed E-state index contributed by atoms with van der Waals surface area (Å²) in [7, 11) is 0. The molecule has 0 rings (SSSR count). The van der Waals surface area contributed by atoms with Crippen molar-refractivity contribution in [2.24, 2.45) is 0 Å². The van der Waals surface area contributed by atoms with E-state index >= 15 is 0 Å². The first-order valence-corrected chi connectivity index (χ1v) is 1.60. The van der Waals surface area contributed by atoms with Gasteiger partial charge in [0.25, 0.3) is 0 Å². The van der Waals surface area contributed by atoms with Gasteiger partial charge in [0, 0.05) is 27.3 Å². The van der Waals surface area contributed by atoms with Crippen LogP contribution in [0.5, 0.6) is 0 Å². The van der Waals surface area contributed by atoms with E-state index in [0.717, 1.165) is 0 Å². The summed E-state index contributed by atoms with van der Waals surface area (Å²) in [5.41, 5.74) is 0. The van der Waals surface area contributed by atoms with Crippen LogP contribution in [0.2, 0.25) is 0 Å². The summed E-state index contributed by atoms with van der Waals surface area (Å²) in [4.78, 5) is 0. The fourth-order valence-electron chi connectivity index (χ4n) is 0. The van der Waals surface area contributed by atoms with Crippen LogP contribution in [0.25, 0.3) is 0 Å². The second-order valence-corrected chi connectivity index (χ2v) is 1.57. The van der Waals surface area contributed by atoms with E-state index in [1.165, 1.54) is 0 Å². The van der Waals surface area contributed by atoms with Gasteiger partial charge in [-0.2, -0.15) is 0 Å². The first-order valence-electron chi connectivity index (χ1n) is 0.309. The molecule has 0 aromatic heterocycles. The third-order valence-corrected chi connectivity index (χ3v) is 0. The number of halogens is 2. The van der Waals surface area contributed by atoms with Gasteiger partial charge in [0.15, 0.2) is 0 Å². The molecule has 0 aromatic carbocycles. The molecule has 0 spiro atoms. The summed E-state index contributed by atoms with van der Waals surface area (Å²) < 4.78 is 3.88. The Bertz CT molecular complexity index is 6.00. The van der Waals surface area contributed by atoms with Gasteiger partial charge in [-0.3, -0.25) is 0 Å². The summed E-state index contributed by atoms with van der Waals surface area (Å²) in [6, 6.07) is 0. The summed E-state index contributed by atoms with van der Waals surface area (Å²) in [6.07, 6.45) is 0. The predicted octanol–water partition coefficient (Wildman–Crippen LogP) is 1.62. The van der Waals surface area contributed by atoms with Crippen LogP contribution < -0.4 is 0 Å². The van der Waals surface area contributed by atoms with Crippen LogP contribution in [0.1, 0.15) is 0 Å². The maximum absolute atomic E-state index is 3.88. The fraction of sp³-hybridized carbons (Fsp3) is 0. The van der Waals surface area contributed by atoms with Crippen LogP contribution in [0.15, 0.2) is 0 Å². The number of rotatable bonds is 0. The third kappa shape index (κ3) is 9.15. The summed E-state index contributed by atoms with van der Waals surface area (Å²) in [5, 5.41) is 0. The van der Waals surface area contributed by atoms with Crippen molar-refractivity contribution in [1.29, 1.82) is 0 Å². The van der Waals surface area contributed by atoms with Crippen LogP contribution in [0, 0.1) is 0 Å². The molecule has 0 unspecified atom stereocenters. The van der Waals surface area contributed by atoms with Crippen LogP contribution in [0.4, 0.5) is 0 Å². The average Bonchev–Trinajstić information content (AvgIpc) is 0.918. The standard InChI is InChI=1S/Br2O.Cd/c1-3-2;. The zero-order chi connectivity index (χ0) is 2.71. The van der Waals surface area contributed by atoms with E-state index in [0.29, 0.717) is 0 Å². The largest absolute Gasteiger partial charge is 0.230 e. The molecule has 0 aliphatic carbocycles. The van der Waals surface area contributed by atoms with Gasteiger partial charge >= 0.3 is 0 Å². The first-order chi connectivity index (χ1) is 1.41. The summed E-state index contributed by atoms with van der Waals surface area (Å²) in [6.45, 7) is 0. The van der Waals surface area contributed by atoms with Crippen molar-refractivity contribution in [3.8, 4) is 0 Å². The molecule has 4 heteroatoms. The van der Waals surface area contributed by atoms with Crippen LogP contribution in [-0.2, 0) is 30.2 Å². The molecule has 0 bridgehead atoms.